The molecule has 0 aliphatic carbocycles. The number of hydrogen-bond donors (Lipinski definition) is 1. The van der Waals surface area contributed by atoms with Crippen LogP contribution in [0.25, 0.3) is 10.8 Å². The first-order chi connectivity index (χ1) is 10.8. The van der Waals surface area contributed by atoms with E-state index in [1.165, 1.54) is 0 Å². The van der Waals surface area contributed by atoms with Gasteiger partial charge in [-0.1, -0.05) is 18.2 Å². The number of benzene rings is 2. The van der Waals surface area contributed by atoms with E-state index in [0.29, 0.717) is 17.2 Å². The number of hydrogen-bond acceptors (Lipinski definition) is 4. The van der Waals surface area contributed by atoms with Crippen LogP contribution < -0.4 is 14.8 Å². The van der Waals surface area contributed by atoms with Crippen LogP contribution in [-0.2, 0) is 0 Å². The third kappa shape index (κ3) is 2.98. The van der Waals surface area contributed by atoms with E-state index in [-0.39, 0.29) is 0 Å². The predicted molar refractivity (Wildman–Crippen MR) is 84.4 cm³/mol. The van der Waals surface area contributed by atoms with Crippen molar-refractivity contribution in [2.75, 3.05) is 12.4 Å². The highest BCUT2D eigenvalue weighted by Crippen LogP contribution is 2.24. The second-order valence-corrected chi connectivity index (χ2v) is 4.60. The largest absolute Gasteiger partial charge is 0.495 e. The van der Waals surface area contributed by atoms with Crippen LogP contribution in [-0.4, -0.2) is 18.2 Å². The van der Waals surface area contributed by atoms with Gasteiger partial charge in [0.15, 0.2) is 0 Å². The molecule has 1 heterocycles. The number of anilines is 1. The molecule has 1 N–H and O–H groups in total. The maximum atomic E-state index is 12.0. The lowest BCUT2D eigenvalue weighted by Gasteiger charge is -2.10. The molecule has 3 aromatic rings. The second kappa shape index (κ2) is 6.13. The zero-order chi connectivity index (χ0) is 15.4. The van der Waals surface area contributed by atoms with Crippen LogP contribution in [0.3, 0.4) is 0 Å². The molecule has 22 heavy (non-hydrogen) atoms. The summed E-state index contributed by atoms with van der Waals surface area (Å²) in [5.41, 5.74) is 0.553. The van der Waals surface area contributed by atoms with Gasteiger partial charge in [-0.25, -0.2) is 4.79 Å². The van der Waals surface area contributed by atoms with E-state index >= 15 is 0 Å². The maximum absolute atomic E-state index is 12.0. The van der Waals surface area contributed by atoms with Gasteiger partial charge < -0.3 is 9.47 Å². The number of rotatable bonds is 3. The number of carbonyl (C=O) groups is 1. The molecule has 0 bridgehead atoms. The Bertz CT molecular complexity index is 818. The van der Waals surface area contributed by atoms with Gasteiger partial charge in [0.05, 0.1) is 12.8 Å². The molecule has 0 saturated carbocycles. The third-order valence-corrected chi connectivity index (χ3v) is 3.17. The predicted octanol–water partition coefficient (Wildman–Crippen LogP) is 3.85. The number of pyridine rings is 1. The normalized spacial score (nSPS) is 10.2. The zero-order valence-corrected chi connectivity index (χ0v) is 11.9. The minimum Gasteiger partial charge on any atom is -0.495 e. The second-order valence-electron chi connectivity index (χ2n) is 4.60. The van der Waals surface area contributed by atoms with Crippen molar-refractivity contribution in [3.05, 3.63) is 60.9 Å². The molecule has 0 unspecified atom stereocenters. The van der Waals surface area contributed by atoms with Gasteiger partial charge in [-0.3, -0.25) is 10.3 Å². The number of carbonyl (C=O) groups excluding carboxylic acids is 1. The Balaban J connectivity index is 1.75. The summed E-state index contributed by atoms with van der Waals surface area (Å²) in [6.07, 6.45) is 2.87. The molecule has 0 fully saturated rings. The van der Waals surface area contributed by atoms with E-state index < -0.39 is 6.09 Å². The van der Waals surface area contributed by atoms with Crippen LogP contribution in [0.1, 0.15) is 0 Å². The highest BCUT2D eigenvalue weighted by Gasteiger charge is 2.09. The Morgan fingerprint density at radius 1 is 1.09 bits per heavy atom. The van der Waals surface area contributed by atoms with Crippen LogP contribution in [0, 0.1) is 0 Å². The van der Waals surface area contributed by atoms with Crippen molar-refractivity contribution >= 4 is 22.6 Å². The van der Waals surface area contributed by atoms with Crippen molar-refractivity contribution in [1.82, 2.24) is 4.98 Å². The van der Waals surface area contributed by atoms with Gasteiger partial charge in [0.2, 0.25) is 0 Å². The van der Waals surface area contributed by atoms with E-state index in [9.17, 15) is 4.79 Å². The number of fused-ring (bicyclic) bond motifs is 1. The topological polar surface area (TPSA) is 60.5 Å². The molecule has 110 valence electrons. The Kier molecular flexibility index (Phi) is 3.87. The minimum absolute atomic E-state index is 0.452. The minimum atomic E-state index is -0.576. The summed E-state index contributed by atoms with van der Waals surface area (Å²) in [6, 6.07) is 14.4. The van der Waals surface area contributed by atoms with Gasteiger partial charge in [-0.05, 0) is 35.7 Å². The number of para-hydroxylation sites is 2. The van der Waals surface area contributed by atoms with Crippen molar-refractivity contribution < 1.29 is 14.3 Å². The summed E-state index contributed by atoms with van der Waals surface area (Å²) in [7, 11) is 1.54. The fourth-order valence-electron chi connectivity index (χ4n) is 2.12. The molecule has 5 heteroatoms. The molecule has 1 aromatic heterocycles. The number of methoxy groups -OCH3 is 1. The molecule has 0 radical (unpaired) electrons. The van der Waals surface area contributed by atoms with E-state index in [1.807, 2.05) is 18.2 Å². The number of aromatic nitrogens is 1. The first-order valence-corrected chi connectivity index (χ1v) is 6.72. The van der Waals surface area contributed by atoms with Gasteiger partial charge in [0, 0.05) is 17.8 Å². The highest BCUT2D eigenvalue weighted by atomic mass is 16.6. The summed E-state index contributed by atoms with van der Waals surface area (Å²) < 4.78 is 10.5. The van der Waals surface area contributed by atoms with Gasteiger partial charge in [0.1, 0.15) is 11.5 Å². The molecule has 0 aliphatic heterocycles. The van der Waals surface area contributed by atoms with Crippen molar-refractivity contribution in [2.45, 2.75) is 0 Å². The van der Waals surface area contributed by atoms with Crippen molar-refractivity contribution in [2.24, 2.45) is 0 Å². The van der Waals surface area contributed by atoms with Crippen LogP contribution in [0.4, 0.5) is 10.5 Å². The first kappa shape index (κ1) is 13.9. The molecule has 2 aromatic carbocycles. The smallest absolute Gasteiger partial charge is 0.417 e. The summed E-state index contributed by atoms with van der Waals surface area (Å²) in [5.74, 6) is 1.02. The number of nitrogens with zero attached hydrogens (tertiary/aromatic N) is 1. The monoisotopic (exact) mass is 294 g/mol. The first-order valence-electron chi connectivity index (χ1n) is 6.72. The molecular weight excluding hydrogens is 280 g/mol. The SMILES string of the molecule is COc1ccccc1NC(=O)Oc1ccc2ccncc2c1. The van der Waals surface area contributed by atoms with E-state index in [2.05, 4.69) is 10.3 Å². The molecule has 0 saturated heterocycles. The Hall–Kier alpha value is -3.08. The lowest BCUT2D eigenvalue weighted by Crippen LogP contribution is -2.17. The van der Waals surface area contributed by atoms with Gasteiger partial charge in [0.25, 0.3) is 0 Å². The molecule has 5 nitrogen and oxygen atoms in total. The molecule has 1 amide bonds. The summed E-state index contributed by atoms with van der Waals surface area (Å²) in [6.45, 7) is 0. The number of nitrogens with one attached hydrogen (secondary N) is 1. The summed E-state index contributed by atoms with van der Waals surface area (Å²) >= 11 is 0. The zero-order valence-electron chi connectivity index (χ0n) is 11.9. The van der Waals surface area contributed by atoms with Crippen molar-refractivity contribution in [3.63, 3.8) is 0 Å². The van der Waals surface area contributed by atoms with Crippen molar-refractivity contribution in [1.29, 1.82) is 0 Å². The van der Waals surface area contributed by atoms with Gasteiger partial charge in [-0.15, -0.1) is 0 Å². The summed E-state index contributed by atoms with van der Waals surface area (Å²) in [4.78, 5) is 16.0. The molecule has 0 atom stereocenters. The third-order valence-electron chi connectivity index (χ3n) is 3.17. The fourth-order valence-corrected chi connectivity index (χ4v) is 2.12. The highest BCUT2D eigenvalue weighted by molar-refractivity contribution is 5.89. The molecule has 3 rings (SSSR count). The Morgan fingerprint density at radius 2 is 1.95 bits per heavy atom. The van der Waals surface area contributed by atoms with Gasteiger partial charge in [-0.2, -0.15) is 0 Å². The molecular formula is C17H14N2O3. The van der Waals surface area contributed by atoms with Crippen LogP contribution in [0.5, 0.6) is 11.5 Å². The Labute approximate surface area is 127 Å². The lowest BCUT2D eigenvalue weighted by atomic mass is 10.2. The fraction of sp³-hybridized carbons (Fsp3) is 0.0588. The van der Waals surface area contributed by atoms with E-state index in [0.717, 1.165) is 10.8 Å². The van der Waals surface area contributed by atoms with Crippen LogP contribution in [0.2, 0.25) is 0 Å². The number of ether oxygens (including phenoxy) is 2. The average Bonchev–Trinajstić information content (AvgIpc) is 2.55. The van der Waals surface area contributed by atoms with Crippen LogP contribution >= 0.6 is 0 Å². The lowest BCUT2D eigenvalue weighted by molar-refractivity contribution is 0.215. The van der Waals surface area contributed by atoms with E-state index in [4.69, 9.17) is 9.47 Å². The number of amides is 1. The van der Waals surface area contributed by atoms with Crippen molar-refractivity contribution in [3.8, 4) is 11.5 Å². The standard InChI is InChI=1S/C17H14N2O3/c1-21-16-5-3-2-4-15(16)19-17(20)22-14-7-6-12-8-9-18-11-13(12)10-14/h2-11H,1H3,(H,19,20). The molecule has 0 aliphatic rings. The maximum Gasteiger partial charge on any atom is 0.417 e. The quantitative estimate of drug-likeness (QED) is 0.797. The summed E-state index contributed by atoms with van der Waals surface area (Å²) in [5, 5.41) is 4.60. The van der Waals surface area contributed by atoms with Crippen LogP contribution in [0.15, 0.2) is 60.9 Å². The average molecular weight is 294 g/mol. The van der Waals surface area contributed by atoms with E-state index in [1.54, 1.807) is 49.8 Å². The molecule has 0 spiro atoms. The Morgan fingerprint density at radius 3 is 2.82 bits per heavy atom. The van der Waals surface area contributed by atoms with Gasteiger partial charge >= 0.3 is 6.09 Å².